The molecule has 0 bridgehead atoms. The second kappa shape index (κ2) is 10.4. The Balaban J connectivity index is 1.22. The van der Waals surface area contributed by atoms with Gasteiger partial charge < -0.3 is 10.2 Å². The van der Waals surface area contributed by atoms with E-state index in [1.165, 1.54) is 57.8 Å². The van der Waals surface area contributed by atoms with E-state index in [1.807, 2.05) is 18.2 Å². The molecule has 7 heteroatoms. The number of hydrogen-bond acceptors (Lipinski definition) is 5. The first kappa shape index (κ1) is 23.2. The predicted octanol–water partition coefficient (Wildman–Crippen LogP) is 3.88. The number of aliphatic imine (C=N–C) groups is 1. The van der Waals surface area contributed by atoms with Gasteiger partial charge in [-0.05, 0) is 68.3 Å². The molecule has 0 spiro atoms. The van der Waals surface area contributed by atoms with Crippen LogP contribution in [0.25, 0.3) is 0 Å². The number of imide groups is 1. The molecule has 3 atom stereocenters. The number of benzene rings is 1. The molecule has 0 radical (unpaired) electrons. The fraction of sp³-hybridized carbons (Fsp3) is 0.630. The van der Waals surface area contributed by atoms with Crippen molar-refractivity contribution in [3.05, 3.63) is 29.3 Å². The van der Waals surface area contributed by atoms with Crippen LogP contribution in [-0.2, 0) is 16.1 Å². The van der Waals surface area contributed by atoms with Gasteiger partial charge in [-0.2, -0.15) is 0 Å². The number of nitrogens with one attached hydrogen (secondary N) is 2. The zero-order valence-electron chi connectivity index (χ0n) is 19.9. The Hall–Kier alpha value is -2.54. The van der Waals surface area contributed by atoms with Crippen LogP contribution >= 0.6 is 0 Å². The first-order valence-electron chi connectivity index (χ1n) is 13.1. The lowest BCUT2D eigenvalue weighted by Crippen LogP contribution is -2.52. The third-order valence-corrected chi connectivity index (χ3v) is 8.14. The molecule has 7 nitrogen and oxygen atoms in total. The summed E-state index contributed by atoms with van der Waals surface area (Å²) in [6, 6.07) is 5.62. The summed E-state index contributed by atoms with van der Waals surface area (Å²) in [5.41, 5.74) is 2.39. The van der Waals surface area contributed by atoms with Crippen molar-refractivity contribution in [2.75, 3.05) is 6.54 Å². The van der Waals surface area contributed by atoms with Gasteiger partial charge >= 0.3 is 0 Å². The van der Waals surface area contributed by atoms with Crippen molar-refractivity contribution in [3.8, 4) is 0 Å². The van der Waals surface area contributed by atoms with Crippen molar-refractivity contribution in [2.45, 2.75) is 89.3 Å². The van der Waals surface area contributed by atoms with Gasteiger partial charge in [-0.3, -0.25) is 24.7 Å². The molecule has 34 heavy (non-hydrogen) atoms. The van der Waals surface area contributed by atoms with Gasteiger partial charge in [0.15, 0.2) is 0 Å². The van der Waals surface area contributed by atoms with Crippen molar-refractivity contribution in [1.82, 2.24) is 15.5 Å². The third-order valence-electron chi connectivity index (χ3n) is 8.14. The lowest BCUT2D eigenvalue weighted by atomic mass is 9.84. The summed E-state index contributed by atoms with van der Waals surface area (Å²) in [7, 11) is 0. The molecule has 182 valence electrons. The Bertz CT molecular complexity index is 969. The molecule has 2 aliphatic carbocycles. The molecule has 5 rings (SSSR count). The van der Waals surface area contributed by atoms with Crippen molar-refractivity contribution >= 4 is 29.6 Å². The fourth-order valence-electron chi connectivity index (χ4n) is 6.12. The van der Waals surface area contributed by atoms with Crippen LogP contribution in [0.4, 0.5) is 5.69 Å². The van der Waals surface area contributed by atoms with Crippen LogP contribution in [0.5, 0.6) is 0 Å². The second-order valence-corrected chi connectivity index (χ2v) is 10.5. The standard InChI is InChI=1S/C27H36N4O3/c32-25-13-12-24(26(33)30-25)31-17-20-14-21(10-11-22(20)27(31)34)28-16-19-8-4-5-9-23(19)29-15-18-6-2-1-3-7-18/h10-11,14,16,18-19,23-24,29H,1-9,12-13,15,17H2,(H,30,32,33)/b28-16+/t19?,23-,24?/m0/s1. The average Bonchev–Trinajstić information content (AvgIpc) is 3.18. The van der Waals surface area contributed by atoms with Gasteiger partial charge in [-0.15, -0.1) is 0 Å². The molecular weight excluding hydrogens is 428 g/mol. The highest BCUT2D eigenvalue weighted by Crippen LogP contribution is 2.31. The SMILES string of the molecule is O=C1CCC(N2Cc3cc(/N=C/C4CCCC[C@@H]4NCC4CCCCC4)ccc3C2=O)C(=O)N1. The number of carbonyl (C=O) groups is 3. The number of carbonyl (C=O) groups excluding carboxylic acids is 3. The Morgan fingerprint density at radius 3 is 2.62 bits per heavy atom. The fourth-order valence-corrected chi connectivity index (χ4v) is 6.12. The molecule has 2 unspecified atom stereocenters. The molecule has 2 aliphatic heterocycles. The Morgan fingerprint density at radius 2 is 1.79 bits per heavy atom. The molecule has 2 N–H and O–H groups in total. The van der Waals surface area contributed by atoms with Crippen molar-refractivity contribution < 1.29 is 14.4 Å². The summed E-state index contributed by atoms with van der Waals surface area (Å²) in [5, 5.41) is 6.23. The minimum absolute atomic E-state index is 0.140. The van der Waals surface area contributed by atoms with E-state index < -0.39 is 6.04 Å². The lowest BCUT2D eigenvalue weighted by molar-refractivity contribution is -0.136. The van der Waals surface area contributed by atoms with Crippen molar-refractivity contribution in [1.29, 1.82) is 0 Å². The number of hydrogen-bond donors (Lipinski definition) is 2. The molecule has 0 aromatic heterocycles. The molecule has 1 saturated heterocycles. The zero-order chi connectivity index (χ0) is 23.5. The van der Waals surface area contributed by atoms with Crippen molar-refractivity contribution in [2.24, 2.45) is 16.8 Å². The number of nitrogens with zero attached hydrogens (tertiary/aromatic N) is 2. The first-order chi connectivity index (χ1) is 16.6. The smallest absolute Gasteiger partial charge is 0.255 e. The van der Waals surface area contributed by atoms with Gasteiger partial charge in [0.05, 0.1) is 5.69 Å². The maximum absolute atomic E-state index is 12.9. The number of amides is 3. The summed E-state index contributed by atoms with van der Waals surface area (Å²) in [4.78, 5) is 43.0. The summed E-state index contributed by atoms with van der Waals surface area (Å²) in [5.74, 6) is 0.484. The second-order valence-electron chi connectivity index (χ2n) is 10.5. The van der Waals surface area contributed by atoms with E-state index in [4.69, 9.17) is 4.99 Å². The maximum atomic E-state index is 12.9. The number of rotatable bonds is 6. The molecule has 1 aromatic rings. The van der Waals surface area contributed by atoms with Crippen LogP contribution in [-0.4, -0.2) is 47.5 Å². The van der Waals surface area contributed by atoms with Crippen LogP contribution in [0, 0.1) is 11.8 Å². The van der Waals surface area contributed by atoms with Gasteiger partial charge in [0.25, 0.3) is 5.91 Å². The van der Waals surface area contributed by atoms with Gasteiger partial charge in [-0.1, -0.05) is 32.1 Å². The van der Waals surface area contributed by atoms with E-state index in [0.717, 1.165) is 23.7 Å². The van der Waals surface area contributed by atoms with Crippen LogP contribution < -0.4 is 10.6 Å². The van der Waals surface area contributed by atoms with E-state index in [-0.39, 0.29) is 24.1 Å². The van der Waals surface area contributed by atoms with E-state index in [9.17, 15) is 14.4 Å². The summed E-state index contributed by atoms with van der Waals surface area (Å²) in [6.07, 6.45) is 14.6. The highest BCUT2D eigenvalue weighted by atomic mass is 16.2. The Kier molecular flexibility index (Phi) is 7.09. The highest BCUT2D eigenvalue weighted by molar-refractivity contribution is 6.05. The number of fused-ring (bicyclic) bond motifs is 1. The normalized spacial score (nSPS) is 28.4. The monoisotopic (exact) mass is 464 g/mol. The molecule has 4 aliphatic rings. The van der Waals surface area contributed by atoms with Gasteiger partial charge in [0.1, 0.15) is 6.04 Å². The molecule has 3 amide bonds. The quantitative estimate of drug-likeness (QED) is 0.494. The number of piperidine rings is 1. The minimum Gasteiger partial charge on any atom is -0.322 e. The lowest BCUT2D eigenvalue weighted by Gasteiger charge is -2.32. The highest BCUT2D eigenvalue weighted by Gasteiger charge is 2.39. The van der Waals surface area contributed by atoms with E-state index in [2.05, 4.69) is 16.8 Å². The van der Waals surface area contributed by atoms with Gasteiger partial charge in [0.2, 0.25) is 11.8 Å². The zero-order valence-corrected chi connectivity index (χ0v) is 19.9. The van der Waals surface area contributed by atoms with Crippen LogP contribution in [0.1, 0.15) is 86.6 Å². The maximum Gasteiger partial charge on any atom is 0.255 e. The summed E-state index contributed by atoms with van der Waals surface area (Å²) in [6.45, 7) is 1.52. The van der Waals surface area contributed by atoms with Crippen LogP contribution in [0.3, 0.4) is 0 Å². The van der Waals surface area contributed by atoms with E-state index in [0.29, 0.717) is 30.5 Å². The predicted molar refractivity (Wildman–Crippen MR) is 131 cm³/mol. The van der Waals surface area contributed by atoms with Gasteiger partial charge in [0, 0.05) is 36.7 Å². The molecule has 1 aromatic carbocycles. The van der Waals surface area contributed by atoms with Crippen LogP contribution in [0.15, 0.2) is 23.2 Å². The minimum atomic E-state index is -0.581. The molecule has 2 saturated carbocycles. The average molecular weight is 465 g/mol. The largest absolute Gasteiger partial charge is 0.322 e. The summed E-state index contributed by atoms with van der Waals surface area (Å²) >= 11 is 0. The molecule has 3 fully saturated rings. The Labute approximate surface area is 201 Å². The molecular formula is C27H36N4O3. The topological polar surface area (TPSA) is 90.9 Å². The van der Waals surface area contributed by atoms with E-state index in [1.54, 1.807) is 4.90 Å². The van der Waals surface area contributed by atoms with Crippen molar-refractivity contribution in [3.63, 3.8) is 0 Å². The van der Waals surface area contributed by atoms with Crippen LogP contribution in [0.2, 0.25) is 0 Å². The van der Waals surface area contributed by atoms with E-state index >= 15 is 0 Å². The first-order valence-corrected chi connectivity index (χ1v) is 13.1. The summed E-state index contributed by atoms with van der Waals surface area (Å²) < 4.78 is 0. The third kappa shape index (κ3) is 5.09. The molecule has 2 heterocycles. The van der Waals surface area contributed by atoms with Gasteiger partial charge in [-0.25, -0.2) is 0 Å². The Morgan fingerprint density at radius 1 is 1.00 bits per heavy atom.